The molecule has 2 aromatic rings. The summed E-state index contributed by atoms with van der Waals surface area (Å²) >= 11 is 0. The summed E-state index contributed by atoms with van der Waals surface area (Å²) in [6.07, 6.45) is 3.24. The number of nitrogens with zero attached hydrogens (tertiary/aromatic N) is 4. The van der Waals surface area contributed by atoms with Crippen molar-refractivity contribution in [1.82, 2.24) is 19.9 Å². The Morgan fingerprint density at radius 3 is 1.68 bits per heavy atom. The minimum Gasteiger partial charge on any atom is -0.660 e. The number of aromatic nitrogens is 4. The fraction of sp³-hybridized carbons (Fsp3) is 0.435. The number of rotatable bonds is 14. The largest absolute Gasteiger partial charge is 2.00 e. The predicted molar refractivity (Wildman–Crippen MR) is 226 cm³/mol. The van der Waals surface area contributed by atoms with Crippen LogP contribution in [0.3, 0.4) is 0 Å². The topological polar surface area (TPSA) is 212 Å². The molecule has 0 aromatic carbocycles. The van der Waals surface area contributed by atoms with Crippen LogP contribution < -0.4 is 9.97 Å². The fourth-order valence-electron chi connectivity index (χ4n) is 7.94. The van der Waals surface area contributed by atoms with E-state index in [9.17, 15) is 28.8 Å². The number of hydrogen-bond donors (Lipinski definition) is 0. The number of allylic oxidation sites excluding steroid dienone is 4. The smallest absolute Gasteiger partial charge is 0.660 e. The average Bonchev–Trinajstić information content (AvgIpc) is 3.88. The molecule has 0 spiro atoms. The summed E-state index contributed by atoms with van der Waals surface area (Å²) < 4.78 is 30.3. The Labute approximate surface area is 375 Å². The maximum Gasteiger partial charge on any atom is 2.00 e. The van der Waals surface area contributed by atoms with Crippen LogP contribution in [0.15, 0.2) is 36.4 Å². The molecule has 0 fully saturated rings. The molecule has 0 saturated carbocycles. The molecule has 0 N–H and O–H groups in total. The molecule has 17 heteroatoms. The van der Waals surface area contributed by atoms with E-state index in [1.54, 1.807) is 43.3 Å². The molecule has 338 valence electrons. The molecule has 3 aliphatic heterocycles. The van der Waals surface area contributed by atoms with Gasteiger partial charge < -0.3 is 38.4 Å². The number of ether oxygens (including phenoxy) is 6. The molecule has 0 amide bonds. The predicted octanol–water partition coefficient (Wildman–Crippen LogP) is 5.53. The Morgan fingerprint density at radius 2 is 1.11 bits per heavy atom. The number of fused-ring (bicyclic) bond motifs is 8. The third-order valence-electron chi connectivity index (χ3n) is 11.7. The maximum absolute atomic E-state index is 13.3. The maximum atomic E-state index is 13.3. The van der Waals surface area contributed by atoms with E-state index >= 15 is 0 Å². The Morgan fingerprint density at radius 1 is 0.587 bits per heavy atom. The van der Waals surface area contributed by atoms with Gasteiger partial charge in [-0.1, -0.05) is 60.0 Å². The minimum absolute atomic E-state index is 0. The van der Waals surface area contributed by atoms with E-state index in [0.29, 0.717) is 56.3 Å². The van der Waals surface area contributed by atoms with E-state index in [0.717, 1.165) is 22.3 Å². The van der Waals surface area contributed by atoms with E-state index in [2.05, 4.69) is 0 Å². The summed E-state index contributed by atoms with van der Waals surface area (Å²) in [5.41, 5.74) is 5.00. The van der Waals surface area contributed by atoms with Gasteiger partial charge in [0.15, 0.2) is 0 Å². The van der Waals surface area contributed by atoms with Crippen LogP contribution in [-0.4, -0.2) is 88.4 Å². The Balaban J connectivity index is 0.00000871. The number of esters is 6. The SMILES string of the molecule is COC(=O)C/C=C1\c2cc3[n-]c(cc4nc(cc5[n-]c(cc(n2)[C@@]1(C)CC(=O)OC)/C(=C\CC(=O)OC)[C@]5(C)CC(=O)OC)C(C)=C4CCC(=O)OC)c(CCC(=O)OC)c3C.[Ni+2]. The summed E-state index contributed by atoms with van der Waals surface area (Å²) in [6, 6.07) is 7.02. The van der Waals surface area contributed by atoms with Gasteiger partial charge in [-0.3, -0.25) is 33.8 Å². The molecule has 5 heterocycles. The molecule has 2 aromatic heterocycles. The monoisotopic (exact) mass is 910 g/mol. The summed E-state index contributed by atoms with van der Waals surface area (Å²) in [5.74, 6) is -3.00. The van der Waals surface area contributed by atoms with Crippen molar-refractivity contribution in [2.24, 2.45) is 0 Å². The molecule has 2 atom stereocenters. The van der Waals surface area contributed by atoms with Crippen molar-refractivity contribution >= 4 is 69.1 Å². The van der Waals surface area contributed by atoms with Gasteiger partial charge in [-0.05, 0) is 50.3 Å². The van der Waals surface area contributed by atoms with Gasteiger partial charge in [0, 0.05) is 23.7 Å². The molecule has 8 bridgehead atoms. The van der Waals surface area contributed by atoms with E-state index < -0.39 is 46.6 Å². The van der Waals surface area contributed by atoms with Crippen molar-refractivity contribution in [1.29, 1.82) is 0 Å². The van der Waals surface area contributed by atoms with E-state index in [1.807, 2.05) is 20.8 Å². The zero-order valence-corrected chi connectivity index (χ0v) is 38.1. The van der Waals surface area contributed by atoms with Crippen molar-refractivity contribution in [2.75, 3.05) is 42.7 Å². The zero-order valence-electron chi connectivity index (χ0n) is 37.1. The van der Waals surface area contributed by atoms with Crippen LogP contribution in [0, 0.1) is 6.92 Å². The number of aryl methyl sites for hydroxylation is 2. The summed E-state index contributed by atoms with van der Waals surface area (Å²) in [5, 5.41) is 0. The normalized spacial score (nSPS) is 18.6. The van der Waals surface area contributed by atoms with Crippen LogP contribution in [0.1, 0.15) is 111 Å². The molecule has 0 aliphatic carbocycles. The molecule has 5 rings (SSSR count). The van der Waals surface area contributed by atoms with Crippen molar-refractivity contribution in [3.05, 3.63) is 81.7 Å². The summed E-state index contributed by atoms with van der Waals surface area (Å²) in [7, 11) is 7.74. The van der Waals surface area contributed by atoms with Crippen molar-refractivity contribution < 1.29 is 73.7 Å². The first-order chi connectivity index (χ1) is 29.5. The molecule has 0 unspecified atom stereocenters. The Bertz CT molecular complexity index is 2480. The van der Waals surface area contributed by atoms with Crippen molar-refractivity contribution in [3.63, 3.8) is 0 Å². The molecular formula is C46H52N4NiO12. The first kappa shape index (κ1) is 49.6. The molecule has 63 heavy (non-hydrogen) atoms. The second-order valence-electron chi connectivity index (χ2n) is 15.4. The second-order valence-corrected chi connectivity index (χ2v) is 15.4. The fourth-order valence-corrected chi connectivity index (χ4v) is 7.94. The van der Waals surface area contributed by atoms with E-state index in [-0.39, 0.29) is 67.9 Å². The van der Waals surface area contributed by atoms with Crippen molar-refractivity contribution in [3.8, 4) is 0 Å². The van der Waals surface area contributed by atoms with Crippen LogP contribution in [0.2, 0.25) is 0 Å². The average molecular weight is 912 g/mol. The Hall–Kier alpha value is -6.09. The van der Waals surface area contributed by atoms with Gasteiger partial charge in [-0.25, -0.2) is 4.98 Å². The standard InChI is InChI=1S/C46H52N4O12.Ni/c1-25-27(11-15-39(51)57-5)33-20-34-28(12-16-40(52)58-6)26(2)32(48-34)21-37-46(4,24-44(56)62-10)30(14-18-42(54)60-8)36(50-37)22-38-45(3,23-43(55)61-9)29(13-17-41(53)59-7)35(49-38)19-31(25)47-33;/h13-14,19-22H,11-12,15-18,23-24H2,1-10H3;/q-2;+2/b29-13+,30-14+;/t45-,46-;/m0./s1. The van der Waals surface area contributed by atoms with Crippen LogP contribution in [-0.2, 0) is 90.9 Å². The van der Waals surface area contributed by atoms with Gasteiger partial charge in [-0.15, -0.1) is 22.4 Å². The molecule has 0 saturated heterocycles. The van der Waals surface area contributed by atoms with Crippen LogP contribution in [0.4, 0.5) is 0 Å². The molecule has 3 aliphatic rings. The van der Waals surface area contributed by atoms with Gasteiger partial charge in [0.25, 0.3) is 0 Å². The summed E-state index contributed by atoms with van der Waals surface area (Å²) in [4.78, 5) is 97.2. The van der Waals surface area contributed by atoms with Crippen LogP contribution in [0.5, 0.6) is 0 Å². The second kappa shape index (κ2) is 20.9. The van der Waals surface area contributed by atoms with Crippen LogP contribution >= 0.6 is 0 Å². The quantitative estimate of drug-likeness (QED) is 0.130. The van der Waals surface area contributed by atoms with Gasteiger partial charge in [0.2, 0.25) is 0 Å². The molecule has 16 nitrogen and oxygen atoms in total. The van der Waals surface area contributed by atoms with E-state index in [1.165, 1.54) is 42.7 Å². The molecular weight excluding hydrogens is 859 g/mol. The number of carbonyl (C=O) groups is 6. The van der Waals surface area contributed by atoms with Gasteiger partial charge in [-0.2, -0.15) is 0 Å². The number of methoxy groups -OCH3 is 6. The Kier molecular flexibility index (Phi) is 16.4. The minimum atomic E-state index is -1.22. The first-order valence-corrected chi connectivity index (χ1v) is 19.9. The summed E-state index contributed by atoms with van der Waals surface area (Å²) in [6.45, 7) is 7.36. The number of hydrogen-bond acceptors (Lipinski definition) is 14. The van der Waals surface area contributed by atoms with E-state index in [4.69, 9.17) is 48.4 Å². The third-order valence-corrected chi connectivity index (χ3v) is 11.7. The number of carbonyl (C=O) groups excluding carboxylic acids is 6. The van der Waals surface area contributed by atoms with Gasteiger partial charge >= 0.3 is 52.3 Å². The third kappa shape index (κ3) is 10.6. The van der Waals surface area contributed by atoms with Crippen molar-refractivity contribution in [2.45, 2.75) is 89.9 Å². The van der Waals surface area contributed by atoms with Gasteiger partial charge in [0.05, 0.1) is 91.1 Å². The van der Waals surface area contributed by atoms with Gasteiger partial charge in [0.1, 0.15) is 0 Å². The molecule has 0 radical (unpaired) electrons. The van der Waals surface area contributed by atoms with Crippen LogP contribution in [0.25, 0.3) is 33.3 Å². The zero-order chi connectivity index (χ0) is 45.5. The first-order valence-electron chi connectivity index (χ1n) is 19.9.